The SMILES string of the molecule is C=Nn1cnc(-c2cn[nH]c2)c(OC(C)C)/c1=N/CNc1ccc(SN(C)CCCNCCN([CH2][Sb]([CH3])[CH3])c2ccc3c(c2)n(C)c(=O)n3C(C=O)CCC=O)cc1F. The summed E-state index contributed by atoms with van der Waals surface area (Å²) in [5.74, 6) is 0.0191. The molecule has 0 fully saturated rings. The van der Waals surface area contributed by atoms with Gasteiger partial charge in [0.25, 0.3) is 0 Å². The first-order chi connectivity index (χ1) is 28.4. The molecule has 316 valence electrons. The first-order valence-electron chi connectivity index (χ1n) is 19.3. The Morgan fingerprint density at radius 3 is 2.63 bits per heavy atom. The second-order valence-corrected chi connectivity index (χ2v) is 22.6. The number of ether oxygens (including phenoxy) is 1. The number of carbonyl (C=O) groups excluding carboxylic acids is 2. The number of halogens is 1. The number of aromatic nitrogens is 6. The van der Waals surface area contributed by atoms with E-state index in [2.05, 4.69) is 61.6 Å². The van der Waals surface area contributed by atoms with Crippen LogP contribution in [0.3, 0.4) is 0 Å². The molecule has 2 aromatic carbocycles. The smallest absolute Gasteiger partial charge is 0.205 e. The Bertz CT molecular complexity index is 2310. The number of aryl methyl sites for hydroxylation is 1. The second kappa shape index (κ2) is 22.0. The van der Waals surface area contributed by atoms with Crippen LogP contribution in [0.15, 0.2) is 74.9 Å². The minimum absolute atomic E-state index is 0.0461. The van der Waals surface area contributed by atoms with E-state index >= 15 is 4.39 Å². The van der Waals surface area contributed by atoms with Crippen LogP contribution in [0.1, 0.15) is 39.2 Å². The molecule has 5 aromatic rings. The molecule has 0 bridgehead atoms. The van der Waals surface area contributed by atoms with Gasteiger partial charge in [-0.05, 0) is 19.9 Å². The predicted octanol–water partition coefficient (Wildman–Crippen LogP) is 4.72. The van der Waals surface area contributed by atoms with Crippen LogP contribution in [0.5, 0.6) is 5.75 Å². The molecule has 0 aliphatic carbocycles. The van der Waals surface area contributed by atoms with Gasteiger partial charge in [0.05, 0.1) is 18.0 Å². The van der Waals surface area contributed by atoms with Crippen molar-refractivity contribution in [1.82, 2.24) is 38.6 Å². The van der Waals surface area contributed by atoms with E-state index in [0.29, 0.717) is 28.1 Å². The fraction of sp³-hybridized carbons (Fsp3) is 0.425. The number of carbonyl (C=O) groups is 2. The topological polar surface area (TPSA) is 172 Å². The van der Waals surface area contributed by atoms with Gasteiger partial charge in [-0.25, -0.2) is 19.0 Å². The normalized spacial score (nSPS) is 12.5. The molecule has 0 spiro atoms. The van der Waals surface area contributed by atoms with Crippen LogP contribution in [-0.4, -0.2) is 123 Å². The number of rotatable bonds is 24. The maximum absolute atomic E-state index is 15.3. The van der Waals surface area contributed by atoms with Gasteiger partial charge in [-0.3, -0.25) is 5.10 Å². The molecule has 19 heteroatoms. The summed E-state index contributed by atoms with van der Waals surface area (Å²) in [6.45, 7) is 10.7. The molecular formula is C40H54FN12O4SSb. The van der Waals surface area contributed by atoms with Crippen molar-refractivity contribution in [2.24, 2.45) is 17.1 Å². The molecule has 0 amide bonds. The van der Waals surface area contributed by atoms with Crippen LogP contribution in [0.4, 0.5) is 15.8 Å². The van der Waals surface area contributed by atoms with E-state index in [1.54, 1.807) is 30.1 Å². The fourth-order valence-electron chi connectivity index (χ4n) is 6.49. The number of imidazole rings is 1. The van der Waals surface area contributed by atoms with Crippen LogP contribution < -0.4 is 31.4 Å². The van der Waals surface area contributed by atoms with Crippen LogP contribution in [0.2, 0.25) is 9.74 Å². The van der Waals surface area contributed by atoms with Gasteiger partial charge < -0.3 is 10.1 Å². The van der Waals surface area contributed by atoms with Crippen LogP contribution in [0, 0.1) is 5.82 Å². The summed E-state index contributed by atoms with van der Waals surface area (Å²) >= 11 is 0.0495. The van der Waals surface area contributed by atoms with Crippen molar-refractivity contribution in [2.45, 2.75) is 59.9 Å². The van der Waals surface area contributed by atoms with Gasteiger partial charge in [-0.15, -0.1) is 0 Å². The Hall–Kier alpha value is -4.77. The van der Waals surface area contributed by atoms with Gasteiger partial charge in [0.15, 0.2) is 11.2 Å². The molecule has 0 saturated heterocycles. The van der Waals surface area contributed by atoms with Gasteiger partial charge >= 0.3 is 220 Å². The van der Waals surface area contributed by atoms with Crippen LogP contribution in [-0.2, 0) is 16.6 Å². The number of anilines is 2. The van der Waals surface area contributed by atoms with Crippen molar-refractivity contribution in [2.75, 3.05) is 54.6 Å². The summed E-state index contributed by atoms with van der Waals surface area (Å²) in [5, 5.41) is 17.4. The van der Waals surface area contributed by atoms with E-state index in [9.17, 15) is 14.4 Å². The molecule has 5 rings (SSSR count). The van der Waals surface area contributed by atoms with Crippen molar-refractivity contribution in [3.05, 3.63) is 76.9 Å². The molecule has 16 nitrogen and oxygen atoms in total. The summed E-state index contributed by atoms with van der Waals surface area (Å²) in [5.41, 5.74) is 4.17. The van der Waals surface area contributed by atoms with Crippen molar-refractivity contribution < 1.29 is 18.7 Å². The third kappa shape index (κ3) is 11.9. The summed E-state index contributed by atoms with van der Waals surface area (Å²) in [4.78, 5) is 52.9. The molecule has 3 N–H and O–H groups in total. The minimum atomic E-state index is -1.43. The van der Waals surface area contributed by atoms with Crippen LogP contribution >= 0.6 is 11.9 Å². The van der Waals surface area contributed by atoms with Crippen molar-refractivity contribution in [3.8, 4) is 17.0 Å². The van der Waals surface area contributed by atoms with Gasteiger partial charge in [-0.1, -0.05) is 0 Å². The molecule has 3 aromatic heterocycles. The Morgan fingerprint density at radius 2 is 1.95 bits per heavy atom. The van der Waals surface area contributed by atoms with E-state index in [1.165, 1.54) is 33.6 Å². The average molecular weight is 940 g/mol. The van der Waals surface area contributed by atoms with E-state index < -0.39 is 32.1 Å². The number of benzene rings is 2. The van der Waals surface area contributed by atoms with E-state index in [1.807, 2.05) is 45.2 Å². The zero-order chi connectivity index (χ0) is 42.5. The Kier molecular flexibility index (Phi) is 16.9. The third-order valence-electron chi connectivity index (χ3n) is 9.25. The summed E-state index contributed by atoms with van der Waals surface area (Å²) in [6, 6.07) is 10.4. The van der Waals surface area contributed by atoms with Gasteiger partial charge in [0, 0.05) is 18.5 Å². The number of hydrogen-bond donors (Lipinski definition) is 3. The molecule has 59 heavy (non-hydrogen) atoms. The Labute approximate surface area is 355 Å². The first-order valence-corrected chi connectivity index (χ1v) is 27.0. The zero-order valence-corrected chi connectivity index (χ0v) is 37.8. The van der Waals surface area contributed by atoms with Gasteiger partial charge in [0.2, 0.25) is 0 Å². The molecule has 1 unspecified atom stereocenters. The standard InChI is InChI=1S/C38H48FN12O4S.2CH3.Sb/c1-26(2)55-36-35(27-21-45-46-22-27)44-25-50(40-3)37(36)43-24-42-32-12-11-30(20-31(32)39)56-48(5)16-8-14-41-15-17-47(4)28-10-13-33-34(19-28)49(6)38(54)51(33)29(23-53)9-7-18-52;;;/h10-13,18-23,25-26,29,41-42H,3-4,7-9,14-17,24H2,1-2,5-6H3,(H,45,46);2*1H3;/b43-37-;;;. The Morgan fingerprint density at radius 1 is 1.14 bits per heavy atom. The maximum atomic E-state index is 15.3. The minimum Gasteiger partial charge on any atom is -0.205 e. The zero-order valence-electron chi connectivity index (χ0n) is 34.5. The van der Waals surface area contributed by atoms with Gasteiger partial charge in [-0.2, -0.15) is 10.2 Å². The van der Waals surface area contributed by atoms with Crippen molar-refractivity contribution in [3.63, 3.8) is 0 Å². The molecule has 0 saturated carbocycles. The molecule has 0 radical (unpaired) electrons. The quantitative estimate of drug-likeness (QED) is 0.0257. The van der Waals surface area contributed by atoms with E-state index in [4.69, 9.17) is 4.74 Å². The molecule has 3 heterocycles. The predicted molar refractivity (Wildman–Crippen MR) is 234 cm³/mol. The number of hydrogen-bond acceptors (Lipinski definition) is 13. The number of fused-ring (bicyclic) bond motifs is 1. The number of aromatic amines is 1. The molecule has 1 atom stereocenters. The van der Waals surface area contributed by atoms with E-state index in [-0.39, 0.29) is 31.3 Å². The Balaban J connectivity index is 1.12. The van der Waals surface area contributed by atoms with Crippen molar-refractivity contribution in [1.29, 1.82) is 0 Å². The summed E-state index contributed by atoms with van der Waals surface area (Å²) < 4.78 is 29.0. The number of nitrogens with zero attached hydrogens (tertiary/aromatic N) is 9. The number of nitrogens with one attached hydrogen (secondary N) is 3. The molecule has 0 aliphatic heterocycles. The monoisotopic (exact) mass is 938 g/mol. The fourth-order valence-corrected chi connectivity index (χ4v) is 10.2. The van der Waals surface area contributed by atoms with Crippen molar-refractivity contribution >= 4 is 73.9 Å². The van der Waals surface area contributed by atoms with Crippen LogP contribution in [0.25, 0.3) is 22.3 Å². The average Bonchev–Trinajstić information content (AvgIpc) is 3.83. The van der Waals surface area contributed by atoms with Gasteiger partial charge in [0.1, 0.15) is 24.5 Å². The number of aldehydes is 2. The third-order valence-corrected chi connectivity index (χ3v) is 12.8. The number of H-pyrrole nitrogens is 1. The first kappa shape index (κ1) is 45.3. The summed E-state index contributed by atoms with van der Waals surface area (Å²) in [6.07, 6.45) is 7.59. The molecular weight excluding hydrogens is 885 g/mol. The van der Waals surface area contributed by atoms with E-state index in [0.717, 1.165) is 71.3 Å². The summed E-state index contributed by atoms with van der Waals surface area (Å²) in [7, 11) is 3.71. The second-order valence-electron chi connectivity index (χ2n) is 14.4. The molecule has 0 aliphatic rings.